The largest absolute Gasteiger partial charge is 0.509 e. The Morgan fingerprint density at radius 3 is 2.55 bits per heavy atom. The van der Waals surface area contributed by atoms with Crippen LogP contribution in [-0.2, 0) is 28.6 Å². The van der Waals surface area contributed by atoms with Gasteiger partial charge in [-0.25, -0.2) is 14.4 Å². The zero-order valence-electron chi connectivity index (χ0n) is 17.7. The lowest BCUT2D eigenvalue weighted by Crippen LogP contribution is -2.34. The van der Waals surface area contributed by atoms with Gasteiger partial charge in [0.25, 0.3) is 0 Å². The minimum absolute atomic E-state index is 0.0165. The molecule has 3 heterocycles. The topological polar surface area (TPSA) is 144 Å². The molecule has 0 radical (unpaired) electrons. The van der Waals surface area contributed by atoms with Gasteiger partial charge < -0.3 is 23.8 Å². The number of carbonyl (C=O) groups excluding carboxylic acids is 3. The highest BCUT2D eigenvalue weighted by atomic mass is 16.8. The molecule has 2 aliphatic rings. The van der Waals surface area contributed by atoms with Crippen molar-refractivity contribution in [1.29, 1.82) is 0 Å². The van der Waals surface area contributed by atoms with Crippen molar-refractivity contribution in [2.45, 2.75) is 38.4 Å². The smallest absolute Gasteiger partial charge is 0.463 e. The van der Waals surface area contributed by atoms with Gasteiger partial charge in [0.05, 0.1) is 11.5 Å². The van der Waals surface area contributed by atoms with Crippen LogP contribution in [0.2, 0.25) is 0 Å². The van der Waals surface area contributed by atoms with Crippen molar-refractivity contribution in [2.75, 3.05) is 12.1 Å². The minimum Gasteiger partial charge on any atom is -0.463 e. The number of aromatic nitrogens is 2. The molecule has 33 heavy (non-hydrogen) atoms. The molecule has 0 amide bonds. The van der Waals surface area contributed by atoms with E-state index in [1.165, 1.54) is 12.3 Å². The highest BCUT2D eigenvalue weighted by molar-refractivity contribution is 5.89. The van der Waals surface area contributed by atoms with E-state index in [1.54, 1.807) is 44.2 Å². The maximum atomic E-state index is 12.6. The first-order chi connectivity index (χ1) is 15.8. The van der Waals surface area contributed by atoms with Gasteiger partial charge in [-0.15, -0.1) is 0 Å². The molecule has 2 aromatic rings. The van der Waals surface area contributed by atoms with Crippen LogP contribution >= 0.6 is 0 Å². The minimum atomic E-state index is -1.05. The molecular weight excluding hydrogens is 438 g/mol. The van der Waals surface area contributed by atoms with Crippen LogP contribution in [0.1, 0.15) is 30.4 Å². The number of ether oxygens (including phenoxy) is 4. The Balaban J connectivity index is 1.44. The zero-order chi connectivity index (χ0) is 23.5. The third-order valence-electron chi connectivity index (χ3n) is 4.97. The summed E-state index contributed by atoms with van der Waals surface area (Å²) < 4.78 is 22.4. The molecular formula is C21H21N3O9. The van der Waals surface area contributed by atoms with Gasteiger partial charge in [-0.3, -0.25) is 9.36 Å². The first-order valence-corrected chi connectivity index (χ1v) is 10.1. The molecule has 174 valence electrons. The van der Waals surface area contributed by atoms with Gasteiger partial charge in [0.2, 0.25) is 0 Å². The number of fused-ring (bicyclic) bond motifs is 1. The lowest BCUT2D eigenvalue weighted by molar-refractivity contribution is -0.154. The molecule has 1 N–H and O–H groups in total. The van der Waals surface area contributed by atoms with Crippen LogP contribution in [0.15, 0.2) is 47.4 Å². The van der Waals surface area contributed by atoms with Crippen molar-refractivity contribution in [1.82, 2.24) is 9.55 Å². The number of hydrogen-bond donors (Lipinski definition) is 1. The van der Waals surface area contributed by atoms with Crippen LogP contribution in [0.5, 0.6) is 0 Å². The fraction of sp³-hybridized carbons (Fsp3) is 0.381. The van der Waals surface area contributed by atoms with Crippen molar-refractivity contribution >= 4 is 23.9 Å². The second kappa shape index (κ2) is 9.28. The van der Waals surface area contributed by atoms with Gasteiger partial charge in [-0.05, 0) is 12.1 Å². The van der Waals surface area contributed by atoms with E-state index < -0.39 is 48.3 Å². The Bertz CT molecular complexity index is 1100. The molecule has 4 rings (SSSR count). The molecule has 2 saturated heterocycles. The number of rotatable bonds is 7. The molecule has 2 aliphatic heterocycles. The molecule has 4 atom stereocenters. The number of nitrogens with zero attached hydrogens (tertiary/aromatic N) is 2. The van der Waals surface area contributed by atoms with Gasteiger partial charge in [-0.1, -0.05) is 32.0 Å². The summed E-state index contributed by atoms with van der Waals surface area (Å²) in [4.78, 5) is 56.8. The van der Waals surface area contributed by atoms with Crippen LogP contribution in [-0.4, -0.2) is 52.6 Å². The molecule has 1 aromatic carbocycles. The molecule has 12 nitrogen and oxygen atoms in total. The van der Waals surface area contributed by atoms with Gasteiger partial charge >= 0.3 is 23.8 Å². The third kappa shape index (κ3) is 4.80. The quantitative estimate of drug-likeness (QED) is 0.365. The second-order valence-electron chi connectivity index (χ2n) is 7.63. The lowest BCUT2D eigenvalue weighted by atomic mass is 10.1. The van der Waals surface area contributed by atoms with Crippen LogP contribution in [0.4, 0.5) is 10.6 Å². The fourth-order valence-electron chi connectivity index (χ4n) is 3.31. The van der Waals surface area contributed by atoms with E-state index in [1.807, 2.05) is 0 Å². The predicted octanol–water partition coefficient (Wildman–Crippen LogP) is 1.43. The van der Waals surface area contributed by atoms with E-state index in [0.29, 0.717) is 5.56 Å². The second-order valence-corrected chi connectivity index (χ2v) is 7.63. The van der Waals surface area contributed by atoms with E-state index in [0.717, 1.165) is 4.57 Å². The highest BCUT2D eigenvalue weighted by Gasteiger charge is 2.55. The van der Waals surface area contributed by atoms with E-state index in [2.05, 4.69) is 10.5 Å². The Labute approximate surface area is 187 Å². The number of anilines is 1. The van der Waals surface area contributed by atoms with Crippen LogP contribution in [0.3, 0.4) is 0 Å². The predicted molar refractivity (Wildman–Crippen MR) is 109 cm³/mol. The molecule has 0 spiro atoms. The summed E-state index contributed by atoms with van der Waals surface area (Å²) in [6.45, 7) is 3.18. The summed E-state index contributed by atoms with van der Waals surface area (Å²) in [5.74, 6) is -1.46. The maximum Gasteiger partial charge on any atom is 0.509 e. The van der Waals surface area contributed by atoms with Crippen molar-refractivity contribution in [3.8, 4) is 0 Å². The standard InChI is InChI=1S/C21H21N3O9/c1-11(2)18(25)29-10-13-15-16(32-21(28)31-15)17(30-13)24-9-8-14(22-20(24)27)23-33-19(26)12-6-4-3-5-7-12/h3-9,11,13,15-17H,10H2,1-2H3,(H,22,23,27)/t13-,15-,16-,17?/m1/s1. The highest BCUT2D eigenvalue weighted by Crippen LogP contribution is 2.37. The number of hydrogen-bond acceptors (Lipinski definition) is 11. The molecule has 12 heteroatoms. The molecule has 0 saturated carbocycles. The molecule has 1 aromatic heterocycles. The first-order valence-electron chi connectivity index (χ1n) is 10.1. The number of esters is 1. The van der Waals surface area contributed by atoms with Crippen molar-refractivity contribution in [2.24, 2.45) is 5.92 Å². The van der Waals surface area contributed by atoms with E-state index in [-0.39, 0.29) is 18.3 Å². The summed E-state index contributed by atoms with van der Waals surface area (Å²) in [5, 5.41) is 0. The SMILES string of the molecule is CC(C)C(=O)OC[C@H]1OC(n2ccc(NOC(=O)c3ccccc3)nc2=O)[C@@H]2OC(=O)O[C@H]12. The van der Waals surface area contributed by atoms with E-state index in [4.69, 9.17) is 23.8 Å². The monoisotopic (exact) mass is 459 g/mol. The number of benzene rings is 1. The van der Waals surface area contributed by atoms with Gasteiger partial charge in [-0.2, -0.15) is 10.5 Å². The summed E-state index contributed by atoms with van der Waals surface area (Å²) in [7, 11) is 0. The Hall–Kier alpha value is -3.93. The van der Waals surface area contributed by atoms with Crippen molar-refractivity contribution in [3.05, 3.63) is 58.6 Å². The fourth-order valence-corrected chi connectivity index (χ4v) is 3.31. The maximum absolute atomic E-state index is 12.6. The lowest BCUT2D eigenvalue weighted by Gasteiger charge is -2.18. The summed E-state index contributed by atoms with van der Waals surface area (Å²) >= 11 is 0. The Morgan fingerprint density at radius 2 is 1.85 bits per heavy atom. The average molecular weight is 459 g/mol. The van der Waals surface area contributed by atoms with Crippen LogP contribution in [0, 0.1) is 5.92 Å². The Morgan fingerprint density at radius 1 is 1.12 bits per heavy atom. The number of carbonyl (C=O) groups is 3. The number of nitrogens with one attached hydrogen (secondary N) is 1. The van der Waals surface area contributed by atoms with Gasteiger partial charge in [0.1, 0.15) is 12.7 Å². The zero-order valence-corrected chi connectivity index (χ0v) is 17.7. The Kier molecular flexibility index (Phi) is 6.27. The third-order valence-corrected chi connectivity index (χ3v) is 4.97. The van der Waals surface area contributed by atoms with Crippen molar-refractivity contribution in [3.63, 3.8) is 0 Å². The summed E-state index contributed by atoms with van der Waals surface area (Å²) in [6.07, 6.45) is -3.25. The van der Waals surface area contributed by atoms with Gasteiger partial charge in [0, 0.05) is 12.3 Å². The van der Waals surface area contributed by atoms with Crippen LogP contribution < -0.4 is 11.2 Å². The molecule has 0 aliphatic carbocycles. The molecule has 0 bridgehead atoms. The average Bonchev–Trinajstić information content (AvgIpc) is 3.34. The van der Waals surface area contributed by atoms with E-state index in [9.17, 15) is 19.2 Å². The molecule has 1 unspecified atom stereocenters. The molecule has 2 fully saturated rings. The first kappa shape index (κ1) is 22.3. The van der Waals surface area contributed by atoms with Gasteiger partial charge in [0.15, 0.2) is 24.3 Å². The summed E-state index contributed by atoms with van der Waals surface area (Å²) in [6, 6.07) is 9.64. The van der Waals surface area contributed by atoms with Crippen molar-refractivity contribution < 1.29 is 38.2 Å². The van der Waals surface area contributed by atoms with E-state index >= 15 is 0 Å². The normalized spacial score (nSPS) is 23.4. The summed E-state index contributed by atoms with van der Waals surface area (Å²) in [5.41, 5.74) is 1.88. The van der Waals surface area contributed by atoms with Crippen LogP contribution in [0.25, 0.3) is 0 Å².